The molecule has 0 radical (unpaired) electrons. The SMILES string of the molecule is C[C@H]1CN(S(C)(=O)=O)CC(=O)[C@H]1NC(=O)[C@H](CC(C)(C)F)N[C@@H](c1ccc(-c2ccc(C3(C(N)=O)CC3)cc2)cc1)C(F)F. The summed E-state index contributed by atoms with van der Waals surface area (Å²) in [6.07, 6.45) is -1.02. The van der Waals surface area contributed by atoms with Gasteiger partial charge in [0, 0.05) is 13.0 Å². The van der Waals surface area contributed by atoms with Gasteiger partial charge in [-0.05, 0) is 54.9 Å². The molecule has 1 aliphatic heterocycles. The van der Waals surface area contributed by atoms with Crippen LogP contribution in [0, 0.1) is 5.92 Å². The Kier molecular flexibility index (Phi) is 9.62. The quantitative estimate of drug-likeness (QED) is 0.327. The van der Waals surface area contributed by atoms with Crippen molar-refractivity contribution >= 4 is 27.6 Å². The second-order valence-electron chi connectivity index (χ2n) is 12.6. The van der Waals surface area contributed by atoms with Crippen LogP contribution in [0.4, 0.5) is 13.2 Å². The molecule has 2 fully saturated rings. The molecular weight excluding hydrogens is 597 g/mol. The molecule has 1 saturated heterocycles. The van der Waals surface area contributed by atoms with E-state index < -0.39 is 76.2 Å². The van der Waals surface area contributed by atoms with Crippen LogP contribution in [0.25, 0.3) is 11.1 Å². The Labute approximate surface area is 255 Å². The fourth-order valence-corrected chi connectivity index (χ4v) is 6.59. The summed E-state index contributed by atoms with van der Waals surface area (Å²) in [7, 11) is -3.63. The van der Waals surface area contributed by atoms with E-state index in [0.29, 0.717) is 12.8 Å². The summed E-state index contributed by atoms with van der Waals surface area (Å²) >= 11 is 0. The largest absolute Gasteiger partial charge is 0.369 e. The van der Waals surface area contributed by atoms with Gasteiger partial charge in [-0.1, -0.05) is 55.5 Å². The molecule has 1 saturated carbocycles. The fraction of sp³-hybridized carbons (Fsp3) is 0.516. The third-order valence-corrected chi connectivity index (χ3v) is 9.62. The van der Waals surface area contributed by atoms with Crippen molar-refractivity contribution in [2.45, 2.75) is 75.7 Å². The van der Waals surface area contributed by atoms with Gasteiger partial charge < -0.3 is 11.1 Å². The number of nitrogens with one attached hydrogen (secondary N) is 2. The van der Waals surface area contributed by atoms with E-state index >= 15 is 0 Å². The highest BCUT2D eigenvalue weighted by atomic mass is 32.2. The van der Waals surface area contributed by atoms with Gasteiger partial charge in [0.1, 0.15) is 5.67 Å². The first-order valence-electron chi connectivity index (χ1n) is 14.4. The second-order valence-corrected chi connectivity index (χ2v) is 14.6. The summed E-state index contributed by atoms with van der Waals surface area (Å²) in [5, 5.41) is 5.17. The number of carbonyl (C=O) groups excluding carboxylic acids is 3. The zero-order chi connectivity index (χ0) is 32.6. The highest BCUT2D eigenvalue weighted by Gasteiger charge is 2.49. The summed E-state index contributed by atoms with van der Waals surface area (Å²) in [6, 6.07) is 9.56. The first-order valence-corrected chi connectivity index (χ1v) is 16.3. The highest BCUT2D eigenvalue weighted by molar-refractivity contribution is 7.88. The number of ketones is 1. The van der Waals surface area contributed by atoms with Crippen molar-refractivity contribution in [1.29, 1.82) is 0 Å². The van der Waals surface area contributed by atoms with Gasteiger partial charge in [0.05, 0.1) is 36.3 Å². The summed E-state index contributed by atoms with van der Waals surface area (Å²) < 4.78 is 68.4. The van der Waals surface area contributed by atoms with Crippen molar-refractivity contribution in [2.24, 2.45) is 11.7 Å². The molecule has 240 valence electrons. The third-order valence-electron chi connectivity index (χ3n) is 8.41. The van der Waals surface area contributed by atoms with Crippen LogP contribution in [0.15, 0.2) is 48.5 Å². The number of rotatable bonds is 12. The Hall–Kier alpha value is -3.29. The number of sulfonamides is 1. The van der Waals surface area contributed by atoms with E-state index in [9.17, 15) is 36.0 Å². The first-order chi connectivity index (χ1) is 20.4. The van der Waals surface area contributed by atoms with Crippen LogP contribution >= 0.6 is 0 Å². The van der Waals surface area contributed by atoms with E-state index in [-0.39, 0.29) is 18.0 Å². The predicted molar refractivity (Wildman–Crippen MR) is 160 cm³/mol. The number of benzene rings is 2. The topological polar surface area (TPSA) is 139 Å². The Balaban J connectivity index is 1.50. The molecule has 1 aliphatic carbocycles. The minimum atomic E-state index is -3.63. The minimum Gasteiger partial charge on any atom is -0.369 e. The molecular formula is C31H39F3N4O5S. The number of hydrogen-bond acceptors (Lipinski definition) is 6. The summed E-state index contributed by atoms with van der Waals surface area (Å²) in [5.41, 5.74) is 5.58. The van der Waals surface area contributed by atoms with Crippen molar-refractivity contribution in [3.63, 3.8) is 0 Å². The Morgan fingerprint density at radius 2 is 1.61 bits per heavy atom. The molecule has 2 amide bonds. The Morgan fingerprint density at radius 1 is 1.07 bits per heavy atom. The monoisotopic (exact) mass is 636 g/mol. The van der Waals surface area contributed by atoms with Gasteiger partial charge in [-0.2, -0.15) is 4.31 Å². The molecule has 1 heterocycles. The van der Waals surface area contributed by atoms with Crippen molar-refractivity contribution in [2.75, 3.05) is 19.3 Å². The van der Waals surface area contributed by atoms with E-state index in [1.807, 2.05) is 24.3 Å². The lowest BCUT2D eigenvalue weighted by molar-refractivity contribution is -0.132. The molecule has 44 heavy (non-hydrogen) atoms. The smallest absolute Gasteiger partial charge is 0.257 e. The number of halogens is 3. The molecule has 13 heteroatoms. The molecule has 2 aromatic rings. The number of carbonyl (C=O) groups is 3. The highest BCUT2D eigenvalue weighted by Crippen LogP contribution is 2.48. The Morgan fingerprint density at radius 3 is 2.05 bits per heavy atom. The van der Waals surface area contributed by atoms with Gasteiger partial charge >= 0.3 is 0 Å². The number of nitrogens with two attached hydrogens (primary N) is 1. The standard InChI is InChI=1S/C31H39F3N4O5S/c1-18-16-38(44(4,42)43)17-24(39)25(18)37-28(40)23(15-30(2,3)34)36-26(27(32)33)21-7-5-19(6-8-21)20-9-11-22(12-10-20)31(13-14-31)29(35)41/h5-12,18,23,25-27,36H,13-17H2,1-4H3,(H2,35,41)(H,37,40)/t18-,23-,25-,26-/m0/s1. The molecule has 2 aliphatic rings. The van der Waals surface area contributed by atoms with Crippen molar-refractivity contribution in [1.82, 2.24) is 14.9 Å². The molecule has 4 atom stereocenters. The molecule has 0 bridgehead atoms. The Bertz CT molecular complexity index is 1490. The zero-order valence-corrected chi connectivity index (χ0v) is 26.0. The van der Waals surface area contributed by atoms with Crippen LogP contribution in [0.2, 0.25) is 0 Å². The van der Waals surface area contributed by atoms with E-state index in [4.69, 9.17) is 5.73 Å². The predicted octanol–water partition coefficient (Wildman–Crippen LogP) is 3.24. The number of Topliss-reactive ketones (excluding diaryl/α,β-unsaturated/α-hetero) is 1. The maximum atomic E-state index is 14.8. The van der Waals surface area contributed by atoms with Gasteiger partial charge in [-0.15, -0.1) is 0 Å². The number of alkyl halides is 3. The summed E-state index contributed by atoms with van der Waals surface area (Å²) in [5.74, 6) is -2.33. The molecule has 4 rings (SSSR count). The molecule has 0 unspecified atom stereocenters. The van der Waals surface area contributed by atoms with Crippen molar-refractivity contribution in [3.8, 4) is 11.1 Å². The van der Waals surface area contributed by atoms with Crippen LogP contribution in [0.1, 0.15) is 57.2 Å². The van der Waals surface area contributed by atoms with Gasteiger partial charge in [-0.3, -0.25) is 19.7 Å². The van der Waals surface area contributed by atoms with Crippen LogP contribution in [-0.2, 0) is 29.8 Å². The van der Waals surface area contributed by atoms with Crippen molar-refractivity contribution in [3.05, 3.63) is 59.7 Å². The zero-order valence-electron chi connectivity index (χ0n) is 25.1. The molecule has 0 spiro atoms. The first kappa shape index (κ1) is 33.6. The molecule has 2 aromatic carbocycles. The number of amides is 2. The molecule has 9 nitrogen and oxygen atoms in total. The summed E-state index contributed by atoms with van der Waals surface area (Å²) in [6.45, 7) is 3.60. The number of hydrogen-bond donors (Lipinski definition) is 3. The normalized spacial score (nSPS) is 22.0. The lowest BCUT2D eigenvalue weighted by Gasteiger charge is -2.36. The third kappa shape index (κ3) is 7.67. The molecule has 4 N–H and O–H groups in total. The average Bonchev–Trinajstić information content (AvgIpc) is 3.74. The lowest BCUT2D eigenvalue weighted by atomic mass is 9.92. The lowest BCUT2D eigenvalue weighted by Crippen LogP contribution is -2.60. The van der Waals surface area contributed by atoms with Crippen LogP contribution in [0.3, 0.4) is 0 Å². The minimum absolute atomic E-state index is 0.0109. The van der Waals surface area contributed by atoms with Gasteiger partial charge in [-0.25, -0.2) is 21.6 Å². The average molecular weight is 637 g/mol. The number of piperidine rings is 1. The van der Waals surface area contributed by atoms with Gasteiger partial charge in [0.25, 0.3) is 6.43 Å². The second kappa shape index (κ2) is 12.6. The summed E-state index contributed by atoms with van der Waals surface area (Å²) in [4.78, 5) is 37.9. The van der Waals surface area contributed by atoms with Crippen LogP contribution in [0.5, 0.6) is 0 Å². The van der Waals surface area contributed by atoms with Crippen molar-refractivity contribution < 1.29 is 36.0 Å². The maximum absolute atomic E-state index is 14.8. The van der Waals surface area contributed by atoms with Crippen LogP contribution in [-0.4, -0.2) is 73.8 Å². The molecule has 0 aromatic heterocycles. The van der Waals surface area contributed by atoms with E-state index in [0.717, 1.165) is 27.3 Å². The van der Waals surface area contributed by atoms with Gasteiger partial charge in [0.2, 0.25) is 21.8 Å². The maximum Gasteiger partial charge on any atom is 0.257 e. The van der Waals surface area contributed by atoms with E-state index in [2.05, 4.69) is 10.6 Å². The number of primary amides is 1. The van der Waals surface area contributed by atoms with Gasteiger partial charge in [0.15, 0.2) is 5.78 Å². The van der Waals surface area contributed by atoms with E-state index in [1.165, 1.54) is 26.0 Å². The number of nitrogens with zero attached hydrogens (tertiary/aromatic N) is 1. The van der Waals surface area contributed by atoms with Crippen LogP contribution < -0.4 is 16.4 Å². The fourth-order valence-electron chi connectivity index (χ4n) is 5.72. The van der Waals surface area contributed by atoms with E-state index in [1.54, 1.807) is 19.1 Å².